The van der Waals surface area contributed by atoms with Crippen molar-refractivity contribution in [2.24, 2.45) is 0 Å². The van der Waals surface area contributed by atoms with Crippen LogP contribution in [0.5, 0.6) is 0 Å². The highest BCUT2D eigenvalue weighted by molar-refractivity contribution is 5.51. The number of aromatic nitrogens is 2. The third-order valence-corrected chi connectivity index (χ3v) is 2.23. The van der Waals surface area contributed by atoms with Gasteiger partial charge in [-0.05, 0) is 30.7 Å². The number of aliphatic hydroxyl groups is 1. The number of benzene rings is 1. The molecule has 90 valence electrons. The van der Waals surface area contributed by atoms with Gasteiger partial charge in [-0.25, -0.2) is 9.18 Å². The molecule has 0 bridgehead atoms. The van der Waals surface area contributed by atoms with Gasteiger partial charge in [-0.3, -0.25) is 0 Å². The highest BCUT2D eigenvalue weighted by Crippen LogP contribution is 2.15. The molecule has 6 heteroatoms. The van der Waals surface area contributed by atoms with Crippen molar-refractivity contribution >= 4 is 0 Å². The summed E-state index contributed by atoms with van der Waals surface area (Å²) in [6.07, 6.45) is 0.426. The van der Waals surface area contributed by atoms with Gasteiger partial charge in [0.25, 0.3) is 0 Å². The first-order chi connectivity index (χ1) is 8.20. The van der Waals surface area contributed by atoms with Gasteiger partial charge >= 0.3 is 5.76 Å². The minimum Gasteiger partial charge on any atom is -0.396 e. The number of nitrogens with zero attached hydrogens (tertiary/aromatic N) is 2. The van der Waals surface area contributed by atoms with Gasteiger partial charge in [0.15, 0.2) is 0 Å². The molecule has 0 radical (unpaired) electrons. The Labute approximate surface area is 96.1 Å². The van der Waals surface area contributed by atoms with Crippen molar-refractivity contribution < 1.29 is 13.9 Å². The first-order valence-corrected chi connectivity index (χ1v) is 5.15. The van der Waals surface area contributed by atoms with E-state index in [0.717, 1.165) is 4.68 Å². The summed E-state index contributed by atoms with van der Waals surface area (Å²) < 4.78 is 18.8. The summed E-state index contributed by atoms with van der Waals surface area (Å²) in [5, 5.41) is 12.6. The van der Waals surface area contributed by atoms with Crippen molar-refractivity contribution in [3.05, 3.63) is 40.6 Å². The Morgan fingerprint density at radius 2 is 2.06 bits per heavy atom. The molecule has 5 nitrogen and oxygen atoms in total. The normalized spacial score (nSPS) is 10.7. The second-order valence-electron chi connectivity index (χ2n) is 3.48. The Morgan fingerprint density at radius 3 is 2.71 bits per heavy atom. The molecule has 0 saturated heterocycles. The van der Waals surface area contributed by atoms with Gasteiger partial charge in [0.2, 0.25) is 5.89 Å². The smallest absolute Gasteiger partial charge is 0.396 e. The predicted octanol–water partition coefficient (Wildman–Crippen LogP) is 1.02. The largest absolute Gasteiger partial charge is 0.437 e. The van der Waals surface area contributed by atoms with Crippen LogP contribution in [0.15, 0.2) is 33.5 Å². The van der Waals surface area contributed by atoms with Crippen molar-refractivity contribution in [1.29, 1.82) is 0 Å². The summed E-state index contributed by atoms with van der Waals surface area (Å²) in [6, 6.07) is 5.50. The van der Waals surface area contributed by atoms with E-state index in [1.54, 1.807) is 0 Å². The Morgan fingerprint density at radius 1 is 1.35 bits per heavy atom. The molecule has 1 aromatic heterocycles. The molecule has 1 heterocycles. The summed E-state index contributed by atoms with van der Waals surface area (Å²) in [7, 11) is 0. The third-order valence-electron chi connectivity index (χ3n) is 2.23. The third kappa shape index (κ3) is 2.59. The topological polar surface area (TPSA) is 68.3 Å². The van der Waals surface area contributed by atoms with Crippen LogP contribution >= 0.6 is 0 Å². The van der Waals surface area contributed by atoms with Gasteiger partial charge in [0.05, 0.1) is 6.54 Å². The van der Waals surface area contributed by atoms with Crippen molar-refractivity contribution in [2.75, 3.05) is 6.61 Å². The monoisotopic (exact) mass is 238 g/mol. The maximum atomic E-state index is 12.7. The minimum absolute atomic E-state index is 0.0226. The van der Waals surface area contributed by atoms with Crippen LogP contribution in [0.2, 0.25) is 0 Å². The average molecular weight is 238 g/mol. The van der Waals surface area contributed by atoms with Crippen LogP contribution in [-0.4, -0.2) is 21.5 Å². The van der Waals surface area contributed by atoms with Crippen LogP contribution in [0.3, 0.4) is 0 Å². The zero-order valence-electron chi connectivity index (χ0n) is 8.97. The summed E-state index contributed by atoms with van der Waals surface area (Å²) in [5.41, 5.74) is 0.534. The minimum atomic E-state index is -0.585. The van der Waals surface area contributed by atoms with Gasteiger partial charge in [-0.1, -0.05) is 0 Å². The molecule has 0 aliphatic carbocycles. The molecule has 0 fully saturated rings. The van der Waals surface area contributed by atoms with E-state index in [9.17, 15) is 9.18 Å². The Hall–Kier alpha value is -1.95. The molecular weight excluding hydrogens is 227 g/mol. The van der Waals surface area contributed by atoms with Crippen LogP contribution in [0.25, 0.3) is 11.5 Å². The lowest BCUT2D eigenvalue weighted by Gasteiger charge is -1.94. The molecule has 1 aromatic carbocycles. The molecule has 0 saturated carbocycles. The zero-order valence-corrected chi connectivity index (χ0v) is 8.97. The molecular formula is C11H11FN2O3. The van der Waals surface area contributed by atoms with Gasteiger partial charge in [-0.15, -0.1) is 5.10 Å². The van der Waals surface area contributed by atoms with Crippen LogP contribution in [0.1, 0.15) is 6.42 Å². The quantitative estimate of drug-likeness (QED) is 0.863. The predicted molar refractivity (Wildman–Crippen MR) is 57.9 cm³/mol. The summed E-state index contributed by atoms with van der Waals surface area (Å²) in [5.74, 6) is -0.804. The van der Waals surface area contributed by atoms with Gasteiger partial charge in [0, 0.05) is 12.2 Å². The van der Waals surface area contributed by atoms with Gasteiger partial charge in [0.1, 0.15) is 5.82 Å². The van der Waals surface area contributed by atoms with Crippen LogP contribution < -0.4 is 5.76 Å². The van der Waals surface area contributed by atoms with Crippen molar-refractivity contribution in [3.8, 4) is 11.5 Å². The van der Waals surface area contributed by atoms with Gasteiger partial charge < -0.3 is 9.52 Å². The lowest BCUT2D eigenvalue weighted by molar-refractivity contribution is 0.274. The summed E-state index contributed by atoms with van der Waals surface area (Å²) in [6.45, 7) is 0.269. The van der Waals surface area contributed by atoms with Crippen molar-refractivity contribution in [2.45, 2.75) is 13.0 Å². The fourth-order valence-electron chi connectivity index (χ4n) is 1.38. The number of aryl methyl sites for hydroxylation is 1. The fourth-order valence-corrected chi connectivity index (χ4v) is 1.38. The lowest BCUT2D eigenvalue weighted by atomic mass is 10.2. The molecule has 17 heavy (non-hydrogen) atoms. The molecule has 0 aliphatic heterocycles. The number of halogens is 1. The van der Waals surface area contributed by atoms with Crippen LogP contribution in [-0.2, 0) is 6.54 Å². The molecule has 0 unspecified atom stereocenters. The molecule has 0 amide bonds. The maximum Gasteiger partial charge on any atom is 0.437 e. The number of hydrogen-bond donors (Lipinski definition) is 1. The molecule has 1 N–H and O–H groups in total. The van der Waals surface area contributed by atoms with E-state index in [1.165, 1.54) is 24.3 Å². The van der Waals surface area contributed by atoms with Crippen molar-refractivity contribution in [3.63, 3.8) is 0 Å². The number of hydrogen-bond acceptors (Lipinski definition) is 4. The highest BCUT2D eigenvalue weighted by atomic mass is 19.1. The first kappa shape index (κ1) is 11.5. The average Bonchev–Trinajstić information content (AvgIpc) is 2.69. The Balaban J connectivity index is 2.28. The fraction of sp³-hybridized carbons (Fsp3) is 0.273. The summed E-state index contributed by atoms with van der Waals surface area (Å²) >= 11 is 0. The van der Waals surface area contributed by atoms with E-state index in [-0.39, 0.29) is 18.3 Å². The zero-order chi connectivity index (χ0) is 12.3. The van der Waals surface area contributed by atoms with E-state index in [2.05, 4.69) is 5.10 Å². The van der Waals surface area contributed by atoms with Crippen LogP contribution in [0, 0.1) is 5.82 Å². The van der Waals surface area contributed by atoms with E-state index < -0.39 is 5.76 Å². The summed E-state index contributed by atoms with van der Waals surface area (Å²) in [4.78, 5) is 11.4. The van der Waals surface area contributed by atoms with E-state index in [1.807, 2.05) is 0 Å². The highest BCUT2D eigenvalue weighted by Gasteiger charge is 2.09. The van der Waals surface area contributed by atoms with E-state index in [0.29, 0.717) is 18.5 Å². The maximum absolute atomic E-state index is 12.7. The molecule has 0 aliphatic rings. The van der Waals surface area contributed by atoms with E-state index in [4.69, 9.17) is 9.52 Å². The Kier molecular flexibility index (Phi) is 3.34. The molecule has 0 atom stereocenters. The van der Waals surface area contributed by atoms with E-state index >= 15 is 0 Å². The molecule has 2 aromatic rings. The Bertz CT molecular complexity index is 545. The van der Waals surface area contributed by atoms with Crippen LogP contribution in [0.4, 0.5) is 4.39 Å². The second kappa shape index (κ2) is 4.92. The number of aliphatic hydroxyl groups excluding tert-OH is 1. The molecule has 0 spiro atoms. The first-order valence-electron chi connectivity index (χ1n) is 5.15. The lowest BCUT2D eigenvalue weighted by Crippen LogP contribution is -2.16. The second-order valence-corrected chi connectivity index (χ2v) is 3.48. The number of rotatable bonds is 4. The molecule has 2 rings (SSSR count). The van der Waals surface area contributed by atoms with Gasteiger partial charge in [-0.2, -0.15) is 4.68 Å². The standard InChI is InChI=1S/C11H11FN2O3/c12-9-4-2-8(3-5-9)10-13-14(6-1-7-15)11(16)17-10/h2-5,15H,1,6-7H2. The van der Waals surface area contributed by atoms with Crippen molar-refractivity contribution in [1.82, 2.24) is 9.78 Å². The SMILES string of the molecule is O=c1oc(-c2ccc(F)cc2)nn1CCCO.